The first-order valence-corrected chi connectivity index (χ1v) is 26.8. The van der Waals surface area contributed by atoms with E-state index in [1.807, 2.05) is 0 Å². The van der Waals surface area contributed by atoms with Gasteiger partial charge in [0.15, 0.2) is 11.5 Å². The molecule has 3 heteroatoms. The van der Waals surface area contributed by atoms with Gasteiger partial charge in [-0.1, -0.05) is 265 Å². The van der Waals surface area contributed by atoms with Crippen LogP contribution >= 0.6 is 0 Å². The molecule has 0 N–H and O–H groups in total. The van der Waals surface area contributed by atoms with Crippen molar-refractivity contribution in [2.45, 2.75) is 297 Å². The Bertz CT molecular complexity index is 890. The molecule has 3 nitrogen and oxygen atoms in total. The maximum absolute atomic E-state index is 6.62. The minimum Gasteiger partial charge on any atom is -0.490 e. The molecule has 0 radical (unpaired) electrons. The first-order valence-electron chi connectivity index (χ1n) is 26.8. The molecule has 0 bridgehead atoms. The third-order valence-corrected chi connectivity index (χ3v) is 12.4. The molecule has 1 aromatic rings. The Labute approximate surface area is 365 Å². The second-order valence-electron chi connectivity index (χ2n) is 18.3. The summed E-state index contributed by atoms with van der Waals surface area (Å²) in [6.45, 7) is 11.5. The zero-order valence-electron chi connectivity index (χ0n) is 40.2. The van der Waals surface area contributed by atoms with Gasteiger partial charge in [0.2, 0.25) is 5.75 Å². The normalized spacial score (nSPS) is 11.4. The Morgan fingerprint density at radius 1 is 0.259 bits per heavy atom. The molecular formula is C55H104O3. The molecule has 0 unspecified atom stereocenters. The fourth-order valence-electron chi connectivity index (χ4n) is 8.41. The highest BCUT2D eigenvalue weighted by Gasteiger charge is 2.16. The second-order valence-corrected chi connectivity index (χ2v) is 18.3. The highest BCUT2D eigenvalue weighted by atomic mass is 16.5. The Kier molecular flexibility index (Phi) is 42.5. The molecule has 0 aliphatic heterocycles. The number of aryl methyl sites for hydroxylation is 1. The van der Waals surface area contributed by atoms with Crippen molar-refractivity contribution in [2.24, 2.45) is 0 Å². The summed E-state index contributed by atoms with van der Waals surface area (Å²) in [6.07, 6.45) is 56.8. The topological polar surface area (TPSA) is 27.7 Å². The number of hydrogen-bond donors (Lipinski definition) is 0. The molecule has 0 aromatic heterocycles. The van der Waals surface area contributed by atoms with Gasteiger partial charge in [-0.15, -0.1) is 0 Å². The monoisotopic (exact) mass is 813 g/mol. The number of rotatable bonds is 48. The fourth-order valence-corrected chi connectivity index (χ4v) is 8.41. The van der Waals surface area contributed by atoms with E-state index in [1.165, 1.54) is 250 Å². The zero-order valence-corrected chi connectivity index (χ0v) is 40.2. The average Bonchev–Trinajstić information content (AvgIpc) is 3.23. The minimum atomic E-state index is 0.746. The van der Waals surface area contributed by atoms with Gasteiger partial charge in [0.05, 0.1) is 19.8 Å². The molecule has 0 spiro atoms. The van der Waals surface area contributed by atoms with Crippen molar-refractivity contribution in [3.8, 4) is 17.2 Å². The van der Waals surface area contributed by atoms with Gasteiger partial charge < -0.3 is 14.2 Å². The maximum Gasteiger partial charge on any atom is 0.203 e. The van der Waals surface area contributed by atoms with Crippen LogP contribution in [0.4, 0.5) is 0 Å². The Morgan fingerprint density at radius 2 is 0.483 bits per heavy atom. The maximum atomic E-state index is 6.62. The van der Waals surface area contributed by atoms with Crippen LogP contribution in [0.2, 0.25) is 0 Å². The quantitative estimate of drug-likeness (QED) is 0.0614. The van der Waals surface area contributed by atoms with Crippen LogP contribution in [-0.2, 0) is 6.42 Å². The molecule has 0 aliphatic rings. The van der Waals surface area contributed by atoms with E-state index in [9.17, 15) is 0 Å². The number of unbranched alkanes of at least 4 members (excludes halogenated alkanes) is 37. The Hall–Kier alpha value is -1.38. The summed E-state index contributed by atoms with van der Waals surface area (Å²) in [4.78, 5) is 0. The molecule has 0 saturated heterocycles. The summed E-state index contributed by atoms with van der Waals surface area (Å²) < 4.78 is 19.8. The molecule has 0 aliphatic carbocycles. The van der Waals surface area contributed by atoms with Gasteiger partial charge in [0.25, 0.3) is 0 Å². The fraction of sp³-hybridized carbons (Fsp3) is 0.891. The van der Waals surface area contributed by atoms with Gasteiger partial charge in [-0.25, -0.2) is 0 Å². The Morgan fingerprint density at radius 3 is 0.741 bits per heavy atom. The minimum absolute atomic E-state index is 0.746. The van der Waals surface area contributed by atoms with Crippen molar-refractivity contribution in [3.63, 3.8) is 0 Å². The molecule has 342 valence electrons. The summed E-state index contributed by atoms with van der Waals surface area (Å²) in [5.74, 6) is 2.70. The van der Waals surface area contributed by atoms with E-state index >= 15 is 0 Å². The first kappa shape index (κ1) is 54.6. The van der Waals surface area contributed by atoms with E-state index < -0.39 is 0 Å². The Balaban J connectivity index is 2.56. The van der Waals surface area contributed by atoms with Crippen molar-refractivity contribution >= 4 is 0 Å². The lowest BCUT2D eigenvalue weighted by atomic mass is 10.0. The van der Waals surface area contributed by atoms with Gasteiger partial charge in [-0.2, -0.15) is 0 Å². The first-order chi connectivity index (χ1) is 28.8. The smallest absolute Gasteiger partial charge is 0.203 e. The third kappa shape index (κ3) is 35.4. The van der Waals surface area contributed by atoms with Gasteiger partial charge in [0.1, 0.15) is 0 Å². The van der Waals surface area contributed by atoms with Crippen LogP contribution in [0.5, 0.6) is 17.2 Å². The SMILES string of the molecule is CCCCCCCCCCCCCCCOc1cc(CCCC)cc(OCCCCCCCCCCCCCCC)c1OCCCCCCCCCCCCCCC. The second kappa shape index (κ2) is 45.2. The molecule has 0 fully saturated rings. The molecule has 1 aromatic carbocycles. The largest absolute Gasteiger partial charge is 0.490 e. The van der Waals surface area contributed by atoms with E-state index in [-0.39, 0.29) is 0 Å². The van der Waals surface area contributed by atoms with E-state index in [4.69, 9.17) is 14.2 Å². The van der Waals surface area contributed by atoms with Crippen molar-refractivity contribution in [3.05, 3.63) is 17.7 Å². The van der Waals surface area contributed by atoms with Crippen LogP contribution in [0.1, 0.15) is 297 Å². The lowest BCUT2D eigenvalue weighted by Crippen LogP contribution is -2.07. The van der Waals surface area contributed by atoms with Gasteiger partial charge in [-0.05, 0) is 49.8 Å². The van der Waals surface area contributed by atoms with Crippen LogP contribution < -0.4 is 14.2 Å². The van der Waals surface area contributed by atoms with Gasteiger partial charge in [0, 0.05) is 0 Å². The van der Waals surface area contributed by atoms with Crippen molar-refractivity contribution < 1.29 is 14.2 Å². The molecule has 0 atom stereocenters. The van der Waals surface area contributed by atoms with Crippen molar-refractivity contribution in [1.29, 1.82) is 0 Å². The van der Waals surface area contributed by atoms with Gasteiger partial charge in [-0.3, -0.25) is 0 Å². The standard InChI is InChI=1S/C55H104O3/c1-5-9-13-16-19-22-25-28-31-34-37-40-43-47-56-53-50-52(46-12-8-4)51-54(57-48-44-41-38-35-32-29-26-23-20-17-14-10-6-2)55(53)58-49-45-42-39-36-33-30-27-24-21-18-15-11-7-3/h50-51H,5-49H2,1-4H3. The highest BCUT2D eigenvalue weighted by Crippen LogP contribution is 2.40. The highest BCUT2D eigenvalue weighted by molar-refractivity contribution is 5.54. The summed E-state index contributed by atoms with van der Waals surface area (Å²) in [7, 11) is 0. The van der Waals surface area contributed by atoms with E-state index in [2.05, 4.69) is 39.8 Å². The van der Waals surface area contributed by atoms with E-state index in [0.29, 0.717) is 0 Å². The molecule has 0 amide bonds. The number of hydrogen-bond acceptors (Lipinski definition) is 3. The molecule has 1 rings (SSSR count). The molecule has 0 saturated carbocycles. The summed E-state index contributed by atoms with van der Waals surface area (Å²) >= 11 is 0. The average molecular weight is 813 g/mol. The molecular weight excluding hydrogens is 709 g/mol. The summed E-state index contributed by atoms with van der Waals surface area (Å²) in [6, 6.07) is 4.55. The van der Waals surface area contributed by atoms with Crippen molar-refractivity contribution in [1.82, 2.24) is 0 Å². The predicted octanol–water partition coefficient (Wildman–Crippen LogP) is 19.4. The van der Waals surface area contributed by atoms with E-state index in [1.54, 1.807) is 0 Å². The number of benzene rings is 1. The summed E-state index contributed by atoms with van der Waals surface area (Å²) in [5.41, 5.74) is 1.33. The number of ether oxygens (including phenoxy) is 3. The molecule has 58 heavy (non-hydrogen) atoms. The predicted molar refractivity (Wildman–Crippen MR) is 259 cm³/mol. The van der Waals surface area contributed by atoms with Crippen LogP contribution in [0.25, 0.3) is 0 Å². The van der Waals surface area contributed by atoms with Crippen LogP contribution in [0, 0.1) is 0 Å². The zero-order chi connectivity index (χ0) is 41.7. The van der Waals surface area contributed by atoms with Crippen LogP contribution in [0.15, 0.2) is 12.1 Å². The van der Waals surface area contributed by atoms with Crippen LogP contribution in [0.3, 0.4) is 0 Å². The van der Waals surface area contributed by atoms with E-state index in [0.717, 1.165) is 62.8 Å². The summed E-state index contributed by atoms with van der Waals surface area (Å²) in [5, 5.41) is 0. The lowest BCUT2D eigenvalue weighted by Gasteiger charge is -2.19. The van der Waals surface area contributed by atoms with Crippen molar-refractivity contribution in [2.75, 3.05) is 19.8 Å². The lowest BCUT2D eigenvalue weighted by molar-refractivity contribution is 0.234. The third-order valence-electron chi connectivity index (χ3n) is 12.4. The van der Waals surface area contributed by atoms with Crippen LogP contribution in [-0.4, -0.2) is 19.8 Å². The van der Waals surface area contributed by atoms with Gasteiger partial charge >= 0.3 is 0 Å². The molecule has 0 heterocycles.